The highest BCUT2D eigenvalue weighted by Gasteiger charge is 2.09. The maximum atomic E-state index is 12.1. The predicted molar refractivity (Wildman–Crippen MR) is 116 cm³/mol. The van der Waals surface area contributed by atoms with Gasteiger partial charge in [-0.15, -0.1) is 0 Å². The molecule has 162 valence electrons. The molecule has 0 unspecified atom stereocenters. The van der Waals surface area contributed by atoms with Crippen LogP contribution in [-0.2, 0) is 26.8 Å². The summed E-state index contributed by atoms with van der Waals surface area (Å²) in [7, 11) is 0.409. The number of hydrogen-bond acceptors (Lipinski definition) is 7. The monoisotopic (exact) mass is 434 g/mol. The summed E-state index contributed by atoms with van der Waals surface area (Å²) in [5.41, 5.74) is 1.57. The van der Waals surface area contributed by atoms with Gasteiger partial charge in [-0.05, 0) is 35.4 Å². The van der Waals surface area contributed by atoms with Gasteiger partial charge in [-0.25, -0.2) is 0 Å². The Labute approximate surface area is 177 Å². The maximum absolute atomic E-state index is 12.1. The number of methoxy groups -OCH3 is 2. The number of hydrogen-bond donors (Lipinski definition) is 0. The Morgan fingerprint density at radius 1 is 0.767 bits per heavy atom. The molecule has 0 aromatic heterocycles. The van der Waals surface area contributed by atoms with Crippen molar-refractivity contribution in [1.29, 1.82) is 0 Å². The van der Waals surface area contributed by atoms with Crippen LogP contribution in [-0.4, -0.2) is 27.4 Å². The van der Waals surface area contributed by atoms with Gasteiger partial charge in [0, 0.05) is 0 Å². The fourth-order valence-corrected chi connectivity index (χ4v) is 3.12. The van der Waals surface area contributed by atoms with Crippen LogP contribution in [0.15, 0.2) is 61.7 Å². The lowest BCUT2D eigenvalue weighted by Gasteiger charge is -2.12. The van der Waals surface area contributed by atoms with Crippen LogP contribution < -0.4 is 18.9 Å². The molecule has 0 radical (unpaired) electrons. The Hall–Kier alpha value is -2.73. The number of ether oxygens (including phenoxy) is 4. The van der Waals surface area contributed by atoms with Crippen molar-refractivity contribution in [3.63, 3.8) is 0 Å². The summed E-state index contributed by atoms with van der Waals surface area (Å²) in [6.45, 7) is 8.22. The topological polar surface area (TPSA) is 72.5 Å². The van der Waals surface area contributed by atoms with Crippen LogP contribution in [0.2, 0.25) is 0 Å². The first-order chi connectivity index (χ1) is 14.6. The summed E-state index contributed by atoms with van der Waals surface area (Å²) in [5, 5.41) is 0. The van der Waals surface area contributed by atoms with Gasteiger partial charge in [0.25, 0.3) is 0 Å². The van der Waals surface area contributed by atoms with Crippen LogP contribution in [0, 0.1) is 0 Å². The van der Waals surface area contributed by atoms with E-state index in [0.29, 0.717) is 36.2 Å². The molecule has 0 aliphatic carbocycles. The average Bonchev–Trinajstić information content (AvgIpc) is 2.78. The van der Waals surface area contributed by atoms with E-state index in [1.165, 1.54) is 0 Å². The Balaban J connectivity index is 1.87. The van der Waals surface area contributed by atoms with Gasteiger partial charge in [-0.1, -0.05) is 37.4 Å². The van der Waals surface area contributed by atoms with Crippen LogP contribution in [0.4, 0.5) is 0 Å². The van der Waals surface area contributed by atoms with E-state index in [4.69, 9.17) is 28.0 Å². The highest BCUT2D eigenvalue weighted by molar-refractivity contribution is 7.33. The van der Waals surface area contributed by atoms with Crippen LogP contribution in [0.3, 0.4) is 0 Å². The molecular weight excluding hydrogens is 407 g/mol. The minimum Gasteiger partial charge on any atom is -0.493 e. The zero-order valence-corrected chi connectivity index (χ0v) is 18.2. The van der Waals surface area contributed by atoms with Gasteiger partial charge in [0.05, 0.1) is 27.4 Å². The van der Waals surface area contributed by atoms with E-state index in [-0.39, 0.29) is 13.2 Å². The van der Waals surface area contributed by atoms with Gasteiger partial charge < -0.3 is 28.0 Å². The van der Waals surface area contributed by atoms with Gasteiger partial charge in [-0.3, -0.25) is 4.57 Å². The third-order valence-corrected chi connectivity index (χ3v) is 4.64. The van der Waals surface area contributed by atoms with Crippen molar-refractivity contribution in [2.45, 2.75) is 13.2 Å². The molecule has 2 aromatic carbocycles. The van der Waals surface area contributed by atoms with Crippen molar-refractivity contribution in [2.75, 3.05) is 27.4 Å². The highest BCUT2D eigenvalue weighted by Crippen LogP contribution is 2.33. The van der Waals surface area contributed by atoms with Gasteiger partial charge in [0.2, 0.25) is 0 Å². The SMILES string of the molecule is C=CCOc1ccc(CO[PH](=O)OCc2ccc(OCC=C)c(OC)c2)cc1OC. The molecule has 2 rings (SSSR count). The fourth-order valence-electron chi connectivity index (χ4n) is 2.47. The summed E-state index contributed by atoms with van der Waals surface area (Å²) in [6.07, 6.45) is 3.30. The second kappa shape index (κ2) is 12.8. The fraction of sp³-hybridized carbons (Fsp3) is 0.273. The third-order valence-electron chi connectivity index (χ3n) is 3.88. The molecule has 7 nitrogen and oxygen atoms in total. The summed E-state index contributed by atoms with van der Waals surface area (Å²) in [4.78, 5) is 0. The molecule has 0 amide bonds. The van der Waals surface area contributed by atoms with E-state index in [0.717, 1.165) is 11.1 Å². The molecule has 2 aromatic rings. The average molecular weight is 434 g/mol. The van der Waals surface area contributed by atoms with Crippen LogP contribution >= 0.6 is 8.25 Å². The zero-order chi connectivity index (χ0) is 21.8. The Morgan fingerprint density at radius 3 is 1.57 bits per heavy atom. The van der Waals surface area contributed by atoms with Gasteiger partial charge in [-0.2, -0.15) is 0 Å². The standard InChI is InChI=1S/C22H27O7P/c1-5-11-26-19-9-7-17(13-21(19)24-3)15-28-30(23)29-16-18-8-10-20(27-12-6-2)22(14-18)25-4/h5-10,13-14,30H,1-2,11-12,15-16H2,3-4H3. The largest absolute Gasteiger partial charge is 0.493 e. The summed E-state index contributed by atoms with van der Waals surface area (Å²) in [6, 6.07) is 10.7. The van der Waals surface area contributed by atoms with Gasteiger partial charge in [0.1, 0.15) is 13.2 Å². The van der Waals surface area contributed by atoms with Crippen LogP contribution in [0.1, 0.15) is 11.1 Å². The normalized spacial score (nSPS) is 10.5. The van der Waals surface area contributed by atoms with Crippen molar-refractivity contribution >= 4 is 8.25 Å². The first kappa shape index (κ1) is 23.5. The maximum Gasteiger partial charge on any atom is 0.319 e. The van der Waals surface area contributed by atoms with Crippen LogP contribution in [0.25, 0.3) is 0 Å². The second-order valence-corrected chi connectivity index (χ2v) is 7.07. The minimum absolute atomic E-state index is 0.119. The molecule has 0 bridgehead atoms. The summed E-state index contributed by atoms with van der Waals surface area (Å²) >= 11 is 0. The first-order valence-corrected chi connectivity index (χ1v) is 10.4. The first-order valence-electron chi connectivity index (χ1n) is 9.22. The molecule has 0 atom stereocenters. The molecule has 0 saturated heterocycles. The molecule has 8 heteroatoms. The lowest BCUT2D eigenvalue weighted by atomic mass is 10.2. The molecule has 0 N–H and O–H groups in total. The molecular formula is C22H27O7P. The lowest BCUT2D eigenvalue weighted by molar-refractivity contribution is 0.212. The van der Waals surface area contributed by atoms with Crippen molar-refractivity contribution in [2.24, 2.45) is 0 Å². The molecule has 0 fully saturated rings. The van der Waals surface area contributed by atoms with Crippen LogP contribution in [0.5, 0.6) is 23.0 Å². The quantitative estimate of drug-likeness (QED) is 0.307. The van der Waals surface area contributed by atoms with Crippen molar-refractivity contribution in [1.82, 2.24) is 0 Å². The van der Waals surface area contributed by atoms with Gasteiger partial charge >= 0.3 is 8.25 Å². The van der Waals surface area contributed by atoms with E-state index in [1.807, 2.05) is 12.1 Å². The van der Waals surface area contributed by atoms with Gasteiger partial charge in [0.15, 0.2) is 23.0 Å². The smallest absolute Gasteiger partial charge is 0.319 e. The van der Waals surface area contributed by atoms with Crippen molar-refractivity contribution < 1.29 is 32.6 Å². The van der Waals surface area contributed by atoms with E-state index in [9.17, 15) is 4.57 Å². The van der Waals surface area contributed by atoms with E-state index in [2.05, 4.69) is 13.2 Å². The van der Waals surface area contributed by atoms with Crippen molar-refractivity contribution in [3.05, 3.63) is 72.8 Å². The molecule has 0 spiro atoms. The molecule has 0 saturated carbocycles. The minimum atomic E-state index is -2.69. The van der Waals surface area contributed by atoms with E-state index in [1.54, 1.807) is 50.6 Å². The Morgan fingerprint density at radius 2 is 1.20 bits per heavy atom. The second-order valence-electron chi connectivity index (χ2n) is 6.00. The summed E-state index contributed by atoms with van der Waals surface area (Å²) in [5.74, 6) is 2.31. The molecule has 0 aliphatic heterocycles. The zero-order valence-electron chi connectivity index (χ0n) is 17.2. The van der Waals surface area contributed by atoms with Crippen molar-refractivity contribution in [3.8, 4) is 23.0 Å². The predicted octanol–water partition coefficient (Wildman–Crippen LogP) is 4.96. The molecule has 0 aliphatic rings. The molecule has 0 heterocycles. The third kappa shape index (κ3) is 7.26. The Kier molecular flexibility index (Phi) is 10.0. The molecule has 30 heavy (non-hydrogen) atoms. The lowest BCUT2D eigenvalue weighted by Crippen LogP contribution is -1.98. The van der Waals surface area contributed by atoms with E-state index >= 15 is 0 Å². The summed E-state index contributed by atoms with van der Waals surface area (Å²) < 4.78 is 44.4. The highest BCUT2D eigenvalue weighted by atomic mass is 31.1. The Bertz CT molecular complexity index is 797. The number of benzene rings is 2. The van der Waals surface area contributed by atoms with E-state index < -0.39 is 8.25 Å². The number of rotatable bonds is 14.